The second-order valence-corrected chi connectivity index (χ2v) is 6.22. The number of amides is 1. The molecule has 0 bridgehead atoms. The average Bonchev–Trinajstić information content (AvgIpc) is 2.94. The highest BCUT2D eigenvalue weighted by Crippen LogP contribution is 2.32. The van der Waals surface area contributed by atoms with E-state index in [1.54, 1.807) is 36.4 Å². The van der Waals surface area contributed by atoms with E-state index in [-0.39, 0.29) is 18.9 Å². The molecule has 1 aliphatic rings. The zero-order valence-corrected chi connectivity index (χ0v) is 14.4. The maximum atomic E-state index is 12.2. The summed E-state index contributed by atoms with van der Waals surface area (Å²) in [5.41, 5.74) is 1.61. The van der Waals surface area contributed by atoms with Gasteiger partial charge in [0.05, 0.1) is 5.52 Å². The number of fused-ring (bicyclic) bond motifs is 2. The number of benzene rings is 2. The molecule has 0 fully saturated rings. The third-order valence-electron chi connectivity index (χ3n) is 4.02. The molecule has 1 aliphatic heterocycles. The molecule has 0 saturated heterocycles. The second-order valence-electron chi connectivity index (χ2n) is 5.79. The van der Waals surface area contributed by atoms with Crippen LogP contribution in [0.3, 0.4) is 0 Å². The minimum Gasteiger partial charge on any atom is -0.486 e. The molecule has 2 aromatic carbocycles. The topological polar surface area (TPSA) is 82.7 Å². The van der Waals surface area contributed by atoms with Gasteiger partial charge in [0.25, 0.3) is 0 Å². The Balaban J connectivity index is 1.45. The van der Waals surface area contributed by atoms with Gasteiger partial charge in [-0.3, -0.25) is 9.36 Å². The minimum atomic E-state index is -0.519. The lowest BCUT2D eigenvalue weighted by molar-refractivity contribution is -0.116. The fourth-order valence-corrected chi connectivity index (χ4v) is 2.97. The van der Waals surface area contributed by atoms with E-state index in [1.807, 2.05) is 0 Å². The van der Waals surface area contributed by atoms with Crippen molar-refractivity contribution in [2.75, 3.05) is 18.5 Å². The summed E-state index contributed by atoms with van der Waals surface area (Å²) >= 11 is 5.89. The monoisotopic (exact) mass is 374 g/mol. The van der Waals surface area contributed by atoms with Crippen LogP contribution >= 0.6 is 11.6 Å². The molecule has 1 N–H and O–H groups in total. The van der Waals surface area contributed by atoms with Crippen molar-refractivity contribution < 1.29 is 18.7 Å². The number of anilines is 1. The van der Waals surface area contributed by atoms with Crippen molar-refractivity contribution >= 4 is 34.3 Å². The first-order chi connectivity index (χ1) is 12.6. The SMILES string of the molecule is O=C(CCn1c(=O)oc2cc(Cl)ccc21)Nc1ccc2c(c1)OCCO2. The molecule has 0 radical (unpaired) electrons. The molecule has 4 rings (SSSR count). The van der Waals surface area contributed by atoms with Gasteiger partial charge in [0.15, 0.2) is 17.1 Å². The van der Waals surface area contributed by atoms with Crippen molar-refractivity contribution in [3.63, 3.8) is 0 Å². The number of halogens is 1. The number of aryl methyl sites for hydroxylation is 1. The van der Waals surface area contributed by atoms with Crippen molar-refractivity contribution in [3.05, 3.63) is 52.0 Å². The Hall–Kier alpha value is -2.93. The van der Waals surface area contributed by atoms with Gasteiger partial charge >= 0.3 is 5.76 Å². The van der Waals surface area contributed by atoms with Crippen LogP contribution in [0.15, 0.2) is 45.6 Å². The summed E-state index contributed by atoms with van der Waals surface area (Å²) in [6.45, 7) is 1.19. The highest BCUT2D eigenvalue weighted by molar-refractivity contribution is 6.31. The Labute approximate surface area is 153 Å². The van der Waals surface area contributed by atoms with Gasteiger partial charge < -0.3 is 19.2 Å². The van der Waals surface area contributed by atoms with Crippen LogP contribution in [0.5, 0.6) is 11.5 Å². The van der Waals surface area contributed by atoms with Gasteiger partial charge in [-0.05, 0) is 24.3 Å². The molecular weight excluding hydrogens is 360 g/mol. The smallest absolute Gasteiger partial charge is 0.419 e. The van der Waals surface area contributed by atoms with Gasteiger partial charge in [-0.1, -0.05) is 11.6 Å². The Morgan fingerprint density at radius 3 is 2.77 bits per heavy atom. The van der Waals surface area contributed by atoms with E-state index in [4.69, 9.17) is 25.5 Å². The molecular formula is C18H15ClN2O5. The molecule has 0 aliphatic carbocycles. The van der Waals surface area contributed by atoms with Gasteiger partial charge in [-0.2, -0.15) is 0 Å². The lowest BCUT2D eigenvalue weighted by Gasteiger charge is -2.19. The molecule has 8 heteroatoms. The van der Waals surface area contributed by atoms with E-state index in [9.17, 15) is 9.59 Å². The highest BCUT2D eigenvalue weighted by Gasteiger charge is 2.14. The van der Waals surface area contributed by atoms with Gasteiger partial charge in [-0.15, -0.1) is 0 Å². The molecule has 0 spiro atoms. The van der Waals surface area contributed by atoms with Crippen LogP contribution in [0.2, 0.25) is 5.02 Å². The summed E-state index contributed by atoms with van der Waals surface area (Å²) in [7, 11) is 0. The van der Waals surface area contributed by atoms with Gasteiger partial charge in [0, 0.05) is 35.8 Å². The van der Waals surface area contributed by atoms with Crippen molar-refractivity contribution in [2.45, 2.75) is 13.0 Å². The van der Waals surface area contributed by atoms with E-state index in [2.05, 4.69) is 5.32 Å². The van der Waals surface area contributed by atoms with E-state index in [1.165, 1.54) is 4.57 Å². The first-order valence-electron chi connectivity index (χ1n) is 8.08. The fourth-order valence-electron chi connectivity index (χ4n) is 2.81. The first-order valence-corrected chi connectivity index (χ1v) is 8.46. The van der Waals surface area contributed by atoms with Gasteiger partial charge in [0.1, 0.15) is 13.2 Å². The van der Waals surface area contributed by atoms with E-state index >= 15 is 0 Å². The Kier molecular flexibility index (Phi) is 4.30. The third kappa shape index (κ3) is 3.25. The number of nitrogens with one attached hydrogen (secondary N) is 1. The third-order valence-corrected chi connectivity index (χ3v) is 4.25. The van der Waals surface area contributed by atoms with Crippen LogP contribution in [0.25, 0.3) is 11.1 Å². The number of oxazole rings is 1. The van der Waals surface area contributed by atoms with E-state index in [0.29, 0.717) is 46.5 Å². The van der Waals surface area contributed by atoms with Crippen LogP contribution in [-0.2, 0) is 11.3 Å². The molecule has 0 unspecified atom stereocenters. The highest BCUT2D eigenvalue weighted by atomic mass is 35.5. The molecule has 134 valence electrons. The lowest BCUT2D eigenvalue weighted by atomic mass is 10.2. The Morgan fingerprint density at radius 1 is 1.12 bits per heavy atom. The van der Waals surface area contributed by atoms with Crippen LogP contribution in [0.4, 0.5) is 5.69 Å². The summed E-state index contributed by atoms with van der Waals surface area (Å²) in [4.78, 5) is 24.2. The summed E-state index contributed by atoms with van der Waals surface area (Å²) in [5, 5.41) is 3.27. The molecule has 1 amide bonds. The standard InChI is InChI=1S/C18H15ClN2O5/c19-11-1-3-13-15(9-11)26-18(23)21(13)6-5-17(22)20-12-2-4-14-16(10-12)25-8-7-24-14/h1-4,9-10H,5-8H2,(H,20,22). The maximum absolute atomic E-state index is 12.2. The molecule has 0 atom stereocenters. The molecule has 26 heavy (non-hydrogen) atoms. The number of nitrogens with zero attached hydrogens (tertiary/aromatic N) is 1. The zero-order valence-electron chi connectivity index (χ0n) is 13.7. The van der Waals surface area contributed by atoms with E-state index in [0.717, 1.165) is 0 Å². The van der Waals surface area contributed by atoms with Crippen LogP contribution in [0, 0.1) is 0 Å². The summed E-state index contributed by atoms with van der Waals surface area (Å²) in [5.74, 6) is 0.513. The number of aromatic nitrogens is 1. The normalized spacial score (nSPS) is 13.0. The zero-order chi connectivity index (χ0) is 18.1. The number of carbonyl (C=O) groups is 1. The number of ether oxygens (including phenoxy) is 2. The lowest BCUT2D eigenvalue weighted by Crippen LogP contribution is -2.20. The second kappa shape index (κ2) is 6.76. The van der Waals surface area contributed by atoms with E-state index < -0.39 is 5.76 Å². The quantitative estimate of drug-likeness (QED) is 0.759. The fraction of sp³-hybridized carbons (Fsp3) is 0.222. The van der Waals surface area contributed by atoms with Gasteiger partial charge in [-0.25, -0.2) is 4.79 Å². The van der Waals surface area contributed by atoms with Crippen molar-refractivity contribution in [2.24, 2.45) is 0 Å². The summed E-state index contributed by atoms with van der Waals surface area (Å²) < 4.78 is 17.5. The van der Waals surface area contributed by atoms with Gasteiger partial charge in [0.2, 0.25) is 5.91 Å². The van der Waals surface area contributed by atoms with Crippen LogP contribution in [-0.4, -0.2) is 23.7 Å². The predicted molar refractivity (Wildman–Crippen MR) is 96.2 cm³/mol. The molecule has 2 heterocycles. The summed E-state index contributed by atoms with van der Waals surface area (Å²) in [6.07, 6.45) is 0.117. The number of rotatable bonds is 4. The maximum Gasteiger partial charge on any atom is 0.419 e. The largest absolute Gasteiger partial charge is 0.486 e. The number of carbonyl (C=O) groups excluding carboxylic acids is 1. The number of hydrogen-bond acceptors (Lipinski definition) is 5. The minimum absolute atomic E-state index is 0.117. The molecule has 0 saturated carbocycles. The average molecular weight is 375 g/mol. The summed E-state index contributed by atoms with van der Waals surface area (Å²) in [6, 6.07) is 10.2. The number of hydrogen-bond donors (Lipinski definition) is 1. The van der Waals surface area contributed by atoms with Crippen molar-refractivity contribution in [1.29, 1.82) is 0 Å². The van der Waals surface area contributed by atoms with Crippen molar-refractivity contribution in [3.8, 4) is 11.5 Å². The van der Waals surface area contributed by atoms with Crippen LogP contribution < -0.4 is 20.5 Å². The van der Waals surface area contributed by atoms with Crippen molar-refractivity contribution in [1.82, 2.24) is 4.57 Å². The van der Waals surface area contributed by atoms with Crippen LogP contribution in [0.1, 0.15) is 6.42 Å². The Bertz CT molecular complexity index is 1040. The first kappa shape index (κ1) is 16.5. The molecule has 1 aromatic heterocycles. The predicted octanol–water partition coefficient (Wildman–Crippen LogP) is 3.05. The Morgan fingerprint density at radius 2 is 1.92 bits per heavy atom. The molecule has 7 nitrogen and oxygen atoms in total. The molecule has 3 aromatic rings.